The van der Waals surface area contributed by atoms with E-state index in [4.69, 9.17) is 4.74 Å². The second kappa shape index (κ2) is 6.91. The molecule has 0 aromatic rings. The predicted octanol–water partition coefficient (Wildman–Crippen LogP) is 3.61. The smallest absolute Gasteiger partial charge is 0.0616 e. The van der Waals surface area contributed by atoms with E-state index in [1.54, 1.807) is 0 Å². The zero-order valence-corrected chi connectivity index (χ0v) is 12.5. The van der Waals surface area contributed by atoms with E-state index in [1.165, 1.54) is 44.9 Å². The van der Waals surface area contributed by atoms with E-state index in [-0.39, 0.29) is 0 Å². The van der Waals surface area contributed by atoms with Crippen molar-refractivity contribution in [3.63, 3.8) is 0 Å². The Kier molecular flexibility index (Phi) is 5.50. The highest BCUT2D eigenvalue weighted by atomic mass is 16.5. The predicted molar refractivity (Wildman–Crippen MR) is 76.7 cm³/mol. The average molecular weight is 253 g/mol. The fourth-order valence-corrected chi connectivity index (χ4v) is 4.46. The highest BCUT2D eigenvalue weighted by Crippen LogP contribution is 2.40. The van der Waals surface area contributed by atoms with Gasteiger partial charge < -0.3 is 10.1 Å². The zero-order valence-electron chi connectivity index (χ0n) is 12.5. The number of nitrogens with one attached hydrogen (secondary N) is 1. The van der Waals surface area contributed by atoms with Crippen molar-refractivity contribution in [1.29, 1.82) is 0 Å². The van der Waals surface area contributed by atoms with Gasteiger partial charge in [0.2, 0.25) is 0 Å². The fourth-order valence-electron chi connectivity index (χ4n) is 4.46. The number of rotatable bonds is 5. The lowest BCUT2D eigenvalue weighted by molar-refractivity contribution is 0.0559. The minimum absolute atomic E-state index is 0.502. The molecule has 106 valence electrons. The van der Waals surface area contributed by atoms with Gasteiger partial charge in [0.05, 0.1) is 6.10 Å². The maximum absolute atomic E-state index is 5.92. The molecule has 1 aliphatic heterocycles. The summed E-state index contributed by atoms with van der Waals surface area (Å²) in [7, 11) is 2.16. The molecule has 5 unspecified atom stereocenters. The van der Waals surface area contributed by atoms with Crippen molar-refractivity contribution in [1.82, 2.24) is 5.32 Å². The summed E-state index contributed by atoms with van der Waals surface area (Å²) in [6.45, 7) is 5.62. The van der Waals surface area contributed by atoms with Crippen LogP contribution in [0.4, 0.5) is 0 Å². The first-order valence-corrected chi connectivity index (χ1v) is 8.10. The Labute approximate surface area is 113 Å². The first-order valence-electron chi connectivity index (χ1n) is 8.10. The van der Waals surface area contributed by atoms with Crippen LogP contribution < -0.4 is 5.32 Å². The van der Waals surface area contributed by atoms with Crippen LogP contribution in [0.2, 0.25) is 0 Å². The Morgan fingerprint density at radius 1 is 1.06 bits per heavy atom. The van der Waals surface area contributed by atoms with Crippen molar-refractivity contribution in [3.8, 4) is 0 Å². The van der Waals surface area contributed by atoms with Crippen LogP contribution in [0.25, 0.3) is 0 Å². The van der Waals surface area contributed by atoms with Crippen molar-refractivity contribution in [2.75, 3.05) is 13.7 Å². The number of hydrogen-bond acceptors (Lipinski definition) is 2. The van der Waals surface area contributed by atoms with Crippen LogP contribution in [0.15, 0.2) is 0 Å². The second-order valence-corrected chi connectivity index (χ2v) is 6.20. The summed E-state index contributed by atoms with van der Waals surface area (Å²) in [5, 5.41) is 3.66. The largest absolute Gasteiger partial charge is 0.378 e. The van der Waals surface area contributed by atoms with Crippen molar-refractivity contribution >= 4 is 0 Å². The highest BCUT2D eigenvalue weighted by Gasteiger charge is 2.39. The van der Waals surface area contributed by atoms with Crippen molar-refractivity contribution in [2.45, 2.75) is 70.9 Å². The maximum Gasteiger partial charge on any atom is 0.0616 e. The van der Waals surface area contributed by atoms with Gasteiger partial charge in [-0.1, -0.05) is 39.5 Å². The van der Waals surface area contributed by atoms with Gasteiger partial charge in [0.1, 0.15) is 0 Å². The number of ether oxygens (including phenoxy) is 1. The maximum atomic E-state index is 5.92. The molecular formula is C16H31NO. The average Bonchev–Trinajstić information content (AvgIpc) is 2.88. The summed E-state index contributed by atoms with van der Waals surface area (Å²) in [4.78, 5) is 0. The molecular weight excluding hydrogens is 222 g/mol. The van der Waals surface area contributed by atoms with Gasteiger partial charge in [-0.25, -0.2) is 0 Å². The van der Waals surface area contributed by atoms with Crippen LogP contribution in [0.1, 0.15) is 58.8 Å². The van der Waals surface area contributed by atoms with Gasteiger partial charge in [-0.15, -0.1) is 0 Å². The second-order valence-electron chi connectivity index (χ2n) is 6.20. The molecule has 1 N–H and O–H groups in total. The summed E-state index contributed by atoms with van der Waals surface area (Å²) in [5.74, 6) is 2.57. The van der Waals surface area contributed by atoms with Crippen molar-refractivity contribution < 1.29 is 4.74 Å². The highest BCUT2D eigenvalue weighted by molar-refractivity contribution is 4.92. The molecule has 0 bridgehead atoms. The molecule has 1 heterocycles. The Morgan fingerprint density at radius 3 is 2.50 bits per heavy atom. The van der Waals surface area contributed by atoms with Crippen molar-refractivity contribution in [2.24, 2.45) is 17.8 Å². The minimum Gasteiger partial charge on any atom is -0.378 e. The summed E-state index contributed by atoms with van der Waals surface area (Å²) < 4.78 is 5.92. The monoisotopic (exact) mass is 253 g/mol. The Hall–Kier alpha value is -0.0800. The van der Waals surface area contributed by atoms with Crippen LogP contribution in [0.3, 0.4) is 0 Å². The molecule has 2 rings (SSSR count). The van der Waals surface area contributed by atoms with E-state index in [2.05, 4.69) is 26.2 Å². The molecule has 0 spiro atoms. The summed E-state index contributed by atoms with van der Waals surface area (Å²) in [6.07, 6.45) is 10.0. The Bertz CT molecular complexity index is 243. The third-order valence-electron chi connectivity index (χ3n) is 5.41. The third kappa shape index (κ3) is 2.91. The van der Waals surface area contributed by atoms with Crippen LogP contribution in [-0.2, 0) is 4.74 Å². The van der Waals surface area contributed by atoms with E-state index >= 15 is 0 Å². The van der Waals surface area contributed by atoms with Gasteiger partial charge in [-0.2, -0.15) is 0 Å². The SMILES string of the molecule is CCC1CCCCC1C(NC)C1CCOC1CC. The van der Waals surface area contributed by atoms with Gasteiger partial charge >= 0.3 is 0 Å². The molecule has 1 saturated carbocycles. The van der Waals surface area contributed by atoms with Crippen LogP contribution in [0, 0.1) is 17.8 Å². The van der Waals surface area contributed by atoms with Crippen LogP contribution in [-0.4, -0.2) is 25.8 Å². The van der Waals surface area contributed by atoms with E-state index in [0.29, 0.717) is 12.1 Å². The van der Waals surface area contributed by atoms with Gasteiger partial charge in [0.15, 0.2) is 0 Å². The first kappa shape index (κ1) is 14.3. The topological polar surface area (TPSA) is 21.3 Å². The van der Waals surface area contributed by atoms with Gasteiger partial charge in [-0.05, 0) is 38.1 Å². The van der Waals surface area contributed by atoms with E-state index < -0.39 is 0 Å². The Morgan fingerprint density at radius 2 is 1.83 bits per heavy atom. The molecule has 0 amide bonds. The minimum atomic E-state index is 0.502. The lowest BCUT2D eigenvalue weighted by Crippen LogP contribution is -2.46. The molecule has 1 aliphatic carbocycles. The van der Waals surface area contributed by atoms with Gasteiger partial charge in [-0.3, -0.25) is 0 Å². The third-order valence-corrected chi connectivity index (χ3v) is 5.41. The molecule has 2 aliphatic rings. The van der Waals surface area contributed by atoms with E-state index in [9.17, 15) is 0 Å². The van der Waals surface area contributed by atoms with Gasteiger partial charge in [0, 0.05) is 18.6 Å². The zero-order chi connectivity index (χ0) is 13.0. The van der Waals surface area contributed by atoms with Gasteiger partial charge in [0.25, 0.3) is 0 Å². The van der Waals surface area contributed by atoms with E-state index in [0.717, 1.165) is 24.4 Å². The molecule has 5 atom stereocenters. The molecule has 2 nitrogen and oxygen atoms in total. The molecule has 0 aromatic heterocycles. The molecule has 0 aromatic carbocycles. The summed E-state index contributed by atoms with van der Waals surface area (Å²) >= 11 is 0. The molecule has 0 radical (unpaired) electrons. The van der Waals surface area contributed by atoms with Crippen LogP contribution >= 0.6 is 0 Å². The quantitative estimate of drug-likeness (QED) is 0.808. The molecule has 2 heteroatoms. The summed E-state index contributed by atoms with van der Waals surface area (Å²) in [6, 6.07) is 0.683. The molecule has 2 fully saturated rings. The van der Waals surface area contributed by atoms with Crippen LogP contribution in [0.5, 0.6) is 0 Å². The fraction of sp³-hybridized carbons (Fsp3) is 1.00. The Balaban J connectivity index is 2.06. The molecule has 18 heavy (non-hydrogen) atoms. The number of hydrogen-bond donors (Lipinski definition) is 1. The normalized spacial score (nSPS) is 38.8. The van der Waals surface area contributed by atoms with Crippen molar-refractivity contribution in [3.05, 3.63) is 0 Å². The standard InChI is InChI=1S/C16H31NO/c1-4-12-8-6-7-9-13(12)16(17-3)14-10-11-18-15(14)5-2/h12-17H,4-11H2,1-3H3. The molecule has 1 saturated heterocycles. The summed E-state index contributed by atoms with van der Waals surface area (Å²) in [5.41, 5.74) is 0. The lowest BCUT2D eigenvalue weighted by Gasteiger charge is -2.40. The van der Waals surface area contributed by atoms with E-state index in [1.807, 2.05) is 0 Å². The lowest BCUT2D eigenvalue weighted by atomic mass is 9.69. The first-order chi connectivity index (χ1) is 8.81.